The maximum absolute atomic E-state index is 11.6. The number of hydrogen-bond acceptors (Lipinski definition) is 2. The zero-order chi connectivity index (χ0) is 13.2. The number of hydrogen-bond donors (Lipinski definition) is 2. The first-order valence-electron chi connectivity index (χ1n) is 7.14. The standard InChI is InChI=1S/C15H21N3O/c1-11-2-3-13(10-11)17-12-4-6-14(7-5-12)18-9-8-16-15(18)19/h4-7,11,13,17H,2-3,8-10H2,1H3,(H,16,19). The van der Waals surface area contributed by atoms with Crippen LogP contribution in [0.4, 0.5) is 16.2 Å². The Labute approximate surface area is 114 Å². The molecular weight excluding hydrogens is 238 g/mol. The summed E-state index contributed by atoms with van der Waals surface area (Å²) in [4.78, 5) is 13.4. The number of amides is 2. The van der Waals surface area contributed by atoms with Gasteiger partial charge >= 0.3 is 6.03 Å². The van der Waals surface area contributed by atoms with Gasteiger partial charge in [0.15, 0.2) is 0 Å². The molecule has 102 valence electrons. The van der Waals surface area contributed by atoms with Crippen molar-refractivity contribution in [3.8, 4) is 0 Å². The molecule has 2 atom stereocenters. The van der Waals surface area contributed by atoms with E-state index in [-0.39, 0.29) is 6.03 Å². The molecule has 3 rings (SSSR count). The molecule has 0 spiro atoms. The summed E-state index contributed by atoms with van der Waals surface area (Å²) in [5.41, 5.74) is 2.13. The van der Waals surface area contributed by atoms with Gasteiger partial charge < -0.3 is 10.6 Å². The lowest BCUT2D eigenvalue weighted by Gasteiger charge is -2.17. The van der Waals surface area contributed by atoms with Crippen LogP contribution in [0.2, 0.25) is 0 Å². The second kappa shape index (κ2) is 5.11. The van der Waals surface area contributed by atoms with Crippen LogP contribution in [0.1, 0.15) is 26.2 Å². The molecule has 1 aliphatic heterocycles. The molecule has 4 heteroatoms. The third-order valence-electron chi connectivity index (χ3n) is 4.10. The van der Waals surface area contributed by atoms with Gasteiger partial charge in [0.1, 0.15) is 0 Å². The summed E-state index contributed by atoms with van der Waals surface area (Å²) >= 11 is 0. The lowest BCUT2D eigenvalue weighted by atomic mass is 10.1. The first-order valence-corrected chi connectivity index (χ1v) is 7.14. The number of rotatable bonds is 3. The Morgan fingerprint density at radius 2 is 2.05 bits per heavy atom. The van der Waals surface area contributed by atoms with Crippen LogP contribution in [0, 0.1) is 5.92 Å². The summed E-state index contributed by atoms with van der Waals surface area (Å²) in [6.45, 7) is 3.81. The Kier molecular flexibility index (Phi) is 3.32. The highest BCUT2D eigenvalue weighted by molar-refractivity contribution is 5.94. The van der Waals surface area contributed by atoms with Crippen molar-refractivity contribution in [1.82, 2.24) is 5.32 Å². The summed E-state index contributed by atoms with van der Waals surface area (Å²) in [5.74, 6) is 0.838. The number of nitrogens with one attached hydrogen (secondary N) is 2. The summed E-state index contributed by atoms with van der Waals surface area (Å²) in [6, 6.07) is 8.80. The van der Waals surface area contributed by atoms with Gasteiger partial charge in [-0.3, -0.25) is 4.90 Å². The van der Waals surface area contributed by atoms with E-state index in [0.29, 0.717) is 6.04 Å². The molecule has 0 bridgehead atoms. The summed E-state index contributed by atoms with van der Waals surface area (Å²) in [5, 5.41) is 6.40. The highest BCUT2D eigenvalue weighted by atomic mass is 16.2. The average molecular weight is 259 g/mol. The van der Waals surface area contributed by atoms with E-state index in [0.717, 1.165) is 30.4 Å². The Balaban J connectivity index is 1.64. The number of carbonyl (C=O) groups is 1. The fraction of sp³-hybridized carbons (Fsp3) is 0.533. The second-order valence-corrected chi connectivity index (χ2v) is 5.69. The summed E-state index contributed by atoms with van der Waals surface area (Å²) < 4.78 is 0. The molecule has 1 saturated carbocycles. The van der Waals surface area contributed by atoms with Crippen molar-refractivity contribution < 1.29 is 4.79 Å². The van der Waals surface area contributed by atoms with Crippen LogP contribution in [0.5, 0.6) is 0 Å². The first kappa shape index (κ1) is 12.3. The molecule has 1 heterocycles. The van der Waals surface area contributed by atoms with Gasteiger partial charge in [0.25, 0.3) is 0 Å². The van der Waals surface area contributed by atoms with Gasteiger partial charge in [-0.2, -0.15) is 0 Å². The second-order valence-electron chi connectivity index (χ2n) is 5.69. The molecule has 2 unspecified atom stereocenters. The third kappa shape index (κ3) is 2.67. The van der Waals surface area contributed by atoms with E-state index in [4.69, 9.17) is 0 Å². The van der Waals surface area contributed by atoms with Crippen LogP contribution in [-0.2, 0) is 0 Å². The number of benzene rings is 1. The van der Waals surface area contributed by atoms with Crippen LogP contribution in [0.25, 0.3) is 0 Å². The SMILES string of the molecule is CC1CCC(Nc2ccc(N3CCNC3=O)cc2)C1. The normalized spacial score (nSPS) is 26.6. The summed E-state index contributed by atoms with van der Waals surface area (Å²) in [7, 11) is 0. The Morgan fingerprint density at radius 1 is 1.26 bits per heavy atom. The van der Waals surface area contributed by atoms with Crippen LogP contribution in [0.15, 0.2) is 24.3 Å². The molecule has 0 aromatic heterocycles. The van der Waals surface area contributed by atoms with Crippen molar-refractivity contribution in [3.63, 3.8) is 0 Å². The van der Waals surface area contributed by atoms with Gasteiger partial charge in [0.05, 0.1) is 0 Å². The highest BCUT2D eigenvalue weighted by Gasteiger charge is 2.22. The number of carbonyl (C=O) groups excluding carboxylic acids is 1. The van der Waals surface area contributed by atoms with E-state index in [9.17, 15) is 4.79 Å². The van der Waals surface area contributed by atoms with Crippen molar-refractivity contribution in [1.29, 1.82) is 0 Å². The van der Waals surface area contributed by atoms with Crippen molar-refractivity contribution in [2.75, 3.05) is 23.3 Å². The van der Waals surface area contributed by atoms with E-state index < -0.39 is 0 Å². The molecule has 0 radical (unpaired) electrons. The molecule has 2 aliphatic rings. The molecule has 1 aromatic rings. The zero-order valence-electron chi connectivity index (χ0n) is 11.4. The van der Waals surface area contributed by atoms with Gasteiger partial charge in [0.2, 0.25) is 0 Å². The van der Waals surface area contributed by atoms with Crippen LogP contribution in [-0.4, -0.2) is 25.2 Å². The van der Waals surface area contributed by atoms with Gasteiger partial charge in [-0.1, -0.05) is 6.92 Å². The molecule has 1 aliphatic carbocycles. The Hall–Kier alpha value is -1.71. The van der Waals surface area contributed by atoms with Gasteiger partial charge in [-0.25, -0.2) is 4.79 Å². The van der Waals surface area contributed by atoms with Crippen molar-refractivity contribution in [2.24, 2.45) is 5.92 Å². The minimum absolute atomic E-state index is 0.00493. The van der Waals surface area contributed by atoms with Gasteiger partial charge in [-0.15, -0.1) is 0 Å². The molecule has 2 N–H and O–H groups in total. The van der Waals surface area contributed by atoms with E-state index in [1.807, 2.05) is 12.1 Å². The lowest BCUT2D eigenvalue weighted by Crippen LogP contribution is -2.27. The molecule has 2 amide bonds. The van der Waals surface area contributed by atoms with Crippen molar-refractivity contribution >= 4 is 17.4 Å². The molecule has 19 heavy (non-hydrogen) atoms. The van der Waals surface area contributed by atoms with E-state index in [2.05, 4.69) is 29.7 Å². The maximum atomic E-state index is 11.6. The number of anilines is 2. The smallest absolute Gasteiger partial charge is 0.321 e. The minimum atomic E-state index is 0.00493. The molecule has 1 aromatic carbocycles. The van der Waals surface area contributed by atoms with E-state index in [1.54, 1.807) is 4.90 Å². The maximum Gasteiger partial charge on any atom is 0.321 e. The third-order valence-corrected chi connectivity index (χ3v) is 4.10. The molecule has 4 nitrogen and oxygen atoms in total. The predicted octanol–water partition coefficient (Wildman–Crippen LogP) is 2.82. The zero-order valence-corrected chi connectivity index (χ0v) is 11.4. The highest BCUT2D eigenvalue weighted by Crippen LogP contribution is 2.28. The topological polar surface area (TPSA) is 44.4 Å². The first-order chi connectivity index (χ1) is 9.22. The summed E-state index contributed by atoms with van der Waals surface area (Å²) in [6.07, 6.45) is 3.84. The average Bonchev–Trinajstić information content (AvgIpc) is 3.00. The lowest BCUT2D eigenvalue weighted by molar-refractivity contribution is 0.252. The Bertz CT molecular complexity index is 457. The van der Waals surface area contributed by atoms with Gasteiger partial charge in [0, 0.05) is 30.5 Å². The molecular formula is C15H21N3O. The van der Waals surface area contributed by atoms with E-state index >= 15 is 0 Å². The molecule has 1 saturated heterocycles. The largest absolute Gasteiger partial charge is 0.382 e. The number of nitrogens with zero attached hydrogens (tertiary/aromatic N) is 1. The quantitative estimate of drug-likeness (QED) is 0.876. The van der Waals surface area contributed by atoms with E-state index in [1.165, 1.54) is 19.3 Å². The minimum Gasteiger partial charge on any atom is -0.382 e. The molecule has 2 fully saturated rings. The van der Waals surface area contributed by atoms with Crippen molar-refractivity contribution in [3.05, 3.63) is 24.3 Å². The predicted molar refractivity (Wildman–Crippen MR) is 77.6 cm³/mol. The van der Waals surface area contributed by atoms with Gasteiger partial charge in [-0.05, 0) is 49.4 Å². The van der Waals surface area contributed by atoms with Crippen LogP contribution in [0.3, 0.4) is 0 Å². The fourth-order valence-corrected chi connectivity index (χ4v) is 3.03. The number of urea groups is 1. The Morgan fingerprint density at radius 3 is 2.63 bits per heavy atom. The fourth-order valence-electron chi connectivity index (χ4n) is 3.03. The van der Waals surface area contributed by atoms with Crippen LogP contribution >= 0.6 is 0 Å². The van der Waals surface area contributed by atoms with Crippen LogP contribution < -0.4 is 15.5 Å². The van der Waals surface area contributed by atoms with Crippen molar-refractivity contribution in [2.45, 2.75) is 32.2 Å². The monoisotopic (exact) mass is 259 g/mol.